The third kappa shape index (κ3) is 4.43. The van der Waals surface area contributed by atoms with Crippen LogP contribution in [-0.2, 0) is 11.4 Å². The number of aryl methyl sites for hydroxylation is 1. The molecule has 0 aliphatic carbocycles. The molecule has 3 rings (SSSR count). The standard InChI is InChI=1S/C20H17BrClN3O3/c1-13-8-16(14(2)24(13)17-6-7-19(21)20(22)10-17)11-23-28-12-15-4-3-5-18(9-15)25(26)27/h3-11H,12H2,1-2H3/b23-11-. The Morgan fingerprint density at radius 1 is 1.25 bits per heavy atom. The minimum atomic E-state index is -0.435. The molecule has 144 valence electrons. The van der Waals surface area contributed by atoms with Gasteiger partial charge in [-0.05, 0) is 59.6 Å². The molecule has 0 atom stereocenters. The number of hydrogen-bond donors (Lipinski definition) is 0. The molecule has 2 aromatic carbocycles. The van der Waals surface area contributed by atoms with E-state index < -0.39 is 4.92 Å². The molecule has 0 unspecified atom stereocenters. The smallest absolute Gasteiger partial charge is 0.269 e. The number of nitrogens with zero attached hydrogens (tertiary/aromatic N) is 3. The molecule has 3 aromatic rings. The van der Waals surface area contributed by atoms with Crippen molar-refractivity contribution in [3.8, 4) is 5.69 Å². The number of benzene rings is 2. The number of nitro groups is 1. The van der Waals surface area contributed by atoms with Gasteiger partial charge >= 0.3 is 0 Å². The first kappa shape index (κ1) is 20.1. The van der Waals surface area contributed by atoms with E-state index in [4.69, 9.17) is 16.4 Å². The molecular formula is C20H17BrClN3O3. The van der Waals surface area contributed by atoms with Crippen molar-refractivity contribution < 1.29 is 9.76 Å². The van der Waals surface area contributed by atoms with E-state index in [1.807, 2.05) is 38.1 Å². The lowest BCUT2D eigenvalue weighted by atomic mass is 10.2. The molecular weight excluding hydrogens is 446 g/mol. The molecule has 0 bridgehead atoms. The molecule has 0 radical (unpaired) electrons. The highest BCUT2D eigenvalue weighted by atomic mass is 79.9. The van der Waals surface area contributed by atoms with Gasteiger partial charge in [0.25, 0.3) is 5.69 Å². The summed E-state index contributed by atoms with van der Waals surface area (Å²) in [5.74, 6) is 0. The largest absolute Gasteiger partial charge is 0.391 e. The molecule has 1 heterocycles. The molecule has 0 saturated carbocycles. The highest BCUT2D eigenvalue weighted by Gasteiger charge is 2.11. The van der Waals surface area contributed by atoms with Crippen LogP contribution in [0.1, 0.15) is 22.5 Å². The highest BCUT2D eigenvalue weighted by molar-refractivity contribution is 9.10. The van der Waals surface area contributed by atoms with Crippen LogP contribution < -0.4 is 0 Å². The first-order chi connectivity index (χ1) is 13.4. The summed E-state index contributed by atoms with van der Waals surface area (Å²) in [5, 5.41) is 15.5. The lowest BCUT2D eigenvalue weighted by Crippen LogP contribution is -1.99. The van der Waals surface area contributed by atoms with Crippen LogP contribution in [0, 0.1) is 24.0 Å². The van der Waals surface area contributed by atoms with Gasteiger partial charge in [-0.3, -0.25) is 10.1 Å². The van der Waals surface area contributed by atoms with Gasteiger partial charge in [-0.15, -0.1) is 0 Å². The second-order valence-electron chi connectivity index (χ2n) is 6.20. The average molecular weight is 463 g/mol. The van der Waals surface area contributed by atoms with Crippen molar-refractivity contribution in [1.82, 2.24) is 4.57 Å². The lowest BCUT2D eigenvalue weighted by molar-refractivity contribution is -0.384. The minimum Gasteiger partial charge on any atom is -0.391 e. The molecule has 0 fully saturated rings. The van der Waals surface area contributed by atoms with Crippen LogP contribution in [0.15, 0.2) is 58.2 Å². The molecule has 6 nitrogen and oxygen atoms in total. The average Bonchev–Trinajstić information content (AvgIpc) is 2.95. The first-order valence-corrected chi connectivity index (χ1v) is 9.57. The van der Waals surface area contributed by atoms with E-state index in [0.29, 0.717) is 10.6 Å². The van der Waals surface area contributed by atoms with Crippen LogP contribution >= 0.6 is 27.5 Å². The van der Waals surface area contributed by atoms with Crippen molar-refractivity contribution in [3.05, 3.63) is 90.7 Å². The maximum atomic E-state index is 10.8. The van der Waals surface area contributed by atoms with Crippen LogP contribution in [0.25, 0.3) is 5.69 Å². The van der Waals surface area contributed by atoms with Gasteiger partial charge in [0.05, 0.1) is 16.2 Å². The van der Waals surface area contributed by atoms with E-state index in [0.717, 1.165) is 27.1 Å². The number of halogens is 2. The van der Waals surface area contributed by atoms with Crippen LogP contribution in [-0.4, -0.2) is 15.7 Å². The topological polar surface area (TPSA) is 69.7 Å². The van der Waals surface area contributed by atoms with Crippen molar-refractivity contribution in [2.24, 2.45) is 5.16 Å². The van der Waals surface area contributed by atoms with Crippen molar-refractivity contribution >= 4 is 39.4 Å². The summed E-state index contributed by atoms with van der Waals surface area (Å²) in [6, 6.07) is 14.1. The second kappa shape index (κ2) is 8.58. The molecule has 0 aliphatic rings. The summed E-state index contributed by atoms with van der Waals surface area (Å²) in [6.07, 6.45) is 1.64. The zero-order valence-corrected chi connectivity index (χ0v) is 17.6. The Bertz CT molecular complexity index is 1060. The number of aromatic nitrogens is 1. The molecule has 1 aromatic heterocycles. The maximum absolute atomic E-state index is 10.8. The van der Waals surface area contributed by atoms with Crippen LogP contribution in [0.4, 0.5) is 5.69 Å². The number of non-ortho nitro benzene ring substituents is 1. The number of hydrogen-bond acceptors (Lipinski definition) is 4. The fourth-order valence-corrected chi connectivity index (χ4v) is 3.33. The quantitative estimate of drug-likeness (QED) is 0.257. The van der Waals surface area contributed by atoms with Crippen molar-refractivity contribution in [2.45, 2.75) is 20.5 Å². The van der Waals surface area contributed by atoms with Gasteiger partial charge in [0.1, 0.15) is 6.61 Å². The van der Waals surface area contributed by atoms with Crippen LogP contribution in [0.2, 0.25) is 5.02 Å². The number of oxime groups is 1. The molecule has 0 N–H and O–H groups in total. The molecule has 0 saturated heterocycles. The van der Waals surface area contributed by atoms with Gasteiger partial charge in [0.15, 0.2) is 0 Å². The van der Waals surface area contributed by atoms with E-state index in [1.165, 1.54) is 12.1 Å². The minimum absolute atomic E-state index is 0.0294. The Morgan fingerprint density at radius 2 is 2.04 bits per heavy atom. The Hall–Kier alpha value is -2.64. The van der Waals surface area contributed by atoms with Gasteiger partial charge in [0, 0.05) is 39.2 Å². The number of rotatable bonds is 6. The second-order valence-corrected chi connectivity index (χ2v) is 7.46. The fraction of sp³-hybridized carbons (Fsp3) is 0.150. The van der Waals surface area contributed by atoms with E-state index >= 15 is 0 Å². The summed E-state index contributed by atoms with van der Waals surface area (Å²) in [4.78, 5) is 15.7. The van der Waals surface area contributed by atoms with Crippen molar-refractivity contribution in [3.63, 3.8) is 0 Å². The van der Waals surface area contributed by atoms with Gasteiger partial charge < -0.3 is 9.40 Å². The summed E-state index contributed by atoms with van der Waals surface area (Å²) < 4.78 is 2.93. The highest BCUT2D eigenvalue weighted by Crippen LogP contribution is 2.27. The third-order valence-electron chi connectivity index (χ3n) is 4.25. The maximum Gasteiger partial charge on any atom is 0.269 e. The van der Waals surface area contributed by atoms with Crippen LogP contribution in [0.5, 0.6) is 0 Å². The summed E-state index contributed by atoms with van der Waals surface area (Å²) in [6.45, 7) is 4.15. The van der Waals surface area contributed by atoms with Gasteiger partial charge in [-0.1, -0.05) is 28.9 Å². The SMILES string of the molecule is Cc1cc(/C=N\OCc2cccc([N+](=O)[O-])c2)c(C)n1-c1ccc(Br)c(Cl)c1. The van der Waals surface area contributed by atoms with Crippen molar-refractivity contribution in [2.75, 3.05) is 0 Å². The molecule has 0 aliphatic heterocycles. The monoisotopic (exact) mass is 461 g/mol. The van der Waals surface area contributed by atoms with Crippen molar-refractivity contribution in [1.29, 1.82) is 0 Å². The Morgan fingerprint density at radius 3 is 2.75 bits per heavy atom. The zero-order chi connectivity index (χ0) is 20.3. The predicted octanol–water partition coefficient (Wildman–Crippen LogP) is 5.97. The third-order valence-corrected chi connectivity index (χ3v) is 5.48. The van der Waals surface area contributed by atoms with E-state index in [9.17, 15) is 10.1 Å². The molecule has 0 spiro atoms. The molecule has 28 heavy (non-hydrogen) atoms. The predicted molar refractivity (Wildman–Crippen MR) is 113 cm³/mol. The number of nitro benzene ring substituents is 1. The van der Waals surface area contributed by atoms with Crippen LogP contribution in [0.3, 0.4) is 0 Å². The Balaban J connectivity index is 1.74. The van der Waals surface area contributed by atoms with E-state index in [1.54, 1.807) is 18.3 Å². The van der Waals surface area contributed by atoms with Gasteiger partial charge in [0.2, 0.25) is 0 Å². The molecule has 8 heteroatoms. The lowest BCUT2D eigenvalue weighted by Gasteiger charge is -2.10. The summed E-state index contributed by atoms with van der Waals surface area (Å²) in [7, 11) is 0. The Labute approximate surface area is 175 Å². The van der Waals surface area contributed by atoms with E-state index in [2.05, 4.69) is 25.7 Å². The first-order valence-electron chi connectivity index (χ1n) is 8.40. The Kier molecular flexibility index (Phi) is 6.16. The molecule has 0 amide bonds. The van der Waals surface area contributed by atoms with Gasteiger partial charge in [-0.25, -0.2) is 0 Å². The normalized spacial score (nSPS) is 11.1. The van der Waals surface area contributed by atoms with Gasteiger partial charge in [-0.2, -0.15) is 0 Å². The summed E-state index contributed by atoms with van der Waals surface area (Å²) in [5.41, 5.74) is 4.62. The fourth-order valence-electron chi connectivity index (χ4n) is 2.91. The summed E-state index contributed by atoms with van der Waals surface area (Å²) >= 11 is 9.62. The van der Waals surface area contributed by atoms with E-state index in [-0.39, 0.29) is 12.3 Å². The zero-order valence-electron chi connectivity index (χ0n) is 15.2.